The molecule has 3 nitrogen and oxygen atoms in total. The highest BCUT2D eigenvalue weighted by Gasteiger charge is 2.15. The lowest BCUT2D eigenvalue weighted by Crippen LogP contribution is -2.20. The van der Waals surface area contributed by atoms with Crippen LogP contribution in [0.1, 0.15) is 18.9 Å². The number of hydrogen-bond donors (Lipinski definition) is 1. The maximum atomic E-state index is 11.8. The molecule has 0 amide bonds. The van der Waals surface area contributed by atoms with E-state index >= 15 is 0 Å². The summed E-state index contributed by atoms with van der Waals surface area (Å²) >= 11 is 9.25. The van der Waals surface area contributed by atoms with Gasteiger partial charge in [-0.15, -0.1) is 0 Å². The van der Waals surface area contributed by atoms with Gasteiger partial charge in [-0.1, -0.05) is 33.6 Å². The number of nitrogens with two attached hydrogens (primary N) is 1. The largest absolute Gasteiger partial charge is 0.328 e. The van der Waals surface area contributed by atoms with Crippen LogP contribution in [0.2, 0.25) is 5.02 Å². The fourth-order valence-electron chi connectivity index (χ4n) is 1.31. The lowest BCUT2D eigenvalue weighted by Gasteiger charge is -2.08. The minimum atomic E-state index is -3.14. The highest BCUT2D eigenvalue weighted by molar-refractivity contribution is 9.10. The Kier molecular flexibility index (Phi) is 5.44. The first-order valence-electron chi connectivity index (χ1n) is 5.20. The average Bonchev–Trinajstić information content (AvgIpc) is 2.20. The third-order valence-electron chi connectivity index (χ3n) is 2.27. The smallest absolute Gasteiger partial charge is 0.154 e. The van der Waals surface area contributed by atoms with Crippen LogP contribution in [0, 0.1) is 0 Å². The van der Waals surface area contributed by atoms with E-state index in [0.29, 0.717) is 17.0 Å². The molecule has 1 aromatic carbocycles. The van der Waals surface area contributed by atoms with E-state index < -0.39 is 9.84 Å². The third-order valence-corrected chi connectivity index (χ3v) is 4.73. The van der Waals surface area contributed by atoms with Crippen LogP contribution in [-0.2, 0) is 15.6 Å². The van der Waals surface area contributed by atoms with Crippen molar-refractivity contribution in [3.8, 4) is 0 Å². The van der Waals surface area contributed by atoms with Crippen LogP contribution in [-0.4, -0.2) is 20.2 Å². The van der Waals surface area contributed by atoms with Crippen molar-refractivity contribution in [1.82, 2.24) is 0 Å². The molecule has 2 N–H and O–H groups in total. The Morgan fingerprint density at radius 2 is 2.12 bits per heavy atom. The summed E-state index contributed by atoms with van der Waals surface area (Å²) in [7, 11) is -3.14. The van der Waals surface area contributed by atoms with E-state index in [-0.39, 0.29) is 17.5 Å². The number of rotatable bonds is 5. The van der Waals surface area contributed by atoms with Gasteiger partial charge in [0.15, 0.2) is 9.84 Å². The van der Waals surface area contributed by atoms with Gasteiger partial charge in [0.1, 0.15) is 0 Å². The molecule has 0 aliphatic carbocycles. The van der Waals surface area contributed by atoms with Crippen LogP contribution in [0.4, 0.5) is 0 Å². The van der Waals surface area contributed by atoms with E-state index in [1.807, 2.05) is 0 Å². The quantitative estimate of drug-likeness (QED) is 0.896. The van der Waals surface area contributed by atoms with Gasteiger partial charge in [-0.05, 0) is 31.0 Å². The zero-order chi connectivity index (χ0) is 13.1. The van der Waals surface area contributed by atoms with Crippen molar-refractivity contribution in [3.05, 3.63) is 33.3 Å². The standard InChI is InChI=1S/C11H15BrClNO2S/c1-8(14)4-5-17(15,16)7-9-2-3-10(12)6-11(9)13/h2-3,6,8H,4-5,7,14H2,1H3. The van der Waals surface area contributed by atoms with Crippen LogP contribution in [0.5, 0.6) is 0 Å². The third kappa shape index (κ3) is 5.38. The molecule has 0 radical (unpaired) electrons. The van der Waals surface area contributed by atoms with Gasteiger partial charge >= 0.3 is 0 Å². The monoisotopic (exact) mass is 339 g/mol. The molecule has 0 aromatic heterocycles. The van der Waals surface area contributed by atoms with E-state index in [4.69, 9.17) is 17.3 Å². The van der Waals surface area contributed by atoms with Crippen LogP contribution in [0.15, 0.2) is 22.7 Å². The Bertz CT molecular complexity index is 488. The van der Waals surface area contributed by atoms with Gasteiger partial charge in [0.2, 0.25) is 0 Å². The van der Waals surface area contributed by atoms with Crippen molar-refractivity contribution in [2.75, 3.05) is 5.75 Å². The maximum absolute atomic E-state index is 11.8. The topological polar surface area (TPSA) is 60.2 Å². The lowest BCUT2D eigenvalue weighted by molar-refractivity contribution is 0.586. The highest BCUT2D eigenvalue weighted by atomic mass is 79.9. The molecule has 17 heavy (non-hydrogen) atoms. The molecule has 1 aromatic rings. The molecule has 0 fully saturated rings. The number of sulfone groups is 1. The summed E-state index contributed by atoms with van der Waals surface area (Å²) < 4.78 is 24.5. The van der Waals surface area contributed by atoms with Gasteiger partial charge in [0.05, 0.1) is 11.5 Å². The van der Waals surface area contributed by atoms with Gasteiger partial charge in [-0.2, -0.15) is 0 Å². The fraction of sp³-hybridized carbons (Fsp3) is 0.455. The van der Waals surface area contributed by atoms with Gasteiger partial charge in [0, 0.05) is 15.5 Å². The van der Waals surface area contributed by atoms with E-state index in [0.717, 1.165) is 4.47 Å². The molecular formula is C11H15BrClNO2S. The molecule has 0 saturated heterocycles. The normalized spacial score (nSPS) is 13.6. The molecule has 1 atom stereocenters. The number of halogens is 2. The second-order valence-corrected chi connectivity index (χ2v) is 7.60. The Morgan fingerprint density at radius 1 is 1.47 bits per heavy atom. The molecule has 1 rings (SSSR count). The average molecular weight is 341 g/mol. The molecule has 96 valence electrons. The minimum absolute atomic E-state index is 0.0359. The summed E-state index contributed by atoms with van der Waals surface area (Å²) in [6.07, 6.45) is 0.469. The van der Waals surface area contributed by atoms with Gasteiger partial charge in [0.25, 0.3) is 0 Å². The molecule has 0 heterocycles. The molecule has 0 aliphatic rings. The number of hydrogen-bond acceptors (Lipinski definition) is 3. The van der Waals surface area contributed by atoms with Gasteiger partial charge < -0.3 is 5.73 Å². The Morgan fingerprint density at radius 3 is 2.65 bits per heavy atom. The molecule has 0 aliphatic heterocycles. The molecule has 0 bridgehead atoms. The Hall–Kier alpha value is -0.100. The van der Waals surface area contributed by atoms with Crippen molar-refractivity contribution in [1.29, 1.82) is 0 Å². The first kappa shape index (κ1) is 15.0. The van der Waals surface area contributed by atoms with Crippen molar-refractivity contribution in [2.24, 2.45) is 5.73 Å². The van der Waals surface area contributed by atoms with E-state index in [1.165, 1.54) is 0 Å². The van der Waals surface area contributed by atoms with Crippen LogP contribution >= 0.6 is 27.5 Å². The zero-order valence-corrected chi connectivity index (χ0v) is 12.6. The second-order valence-electron chi connectivity index (χ2n) is 4.09. The Labute approximate surface area is 115 Å². The van der Waals surface area contributed by atoms with Crippen molar-refractivity contribution >= 4 is 37.4 Å². The van der Waals surface area contributed by atoms with E-state index in [9.17, 15) is 8.42 Å². The second kappa shape index (κ2) is 6.18. The first-order valence-corrected chi connectivity index (χ1v) is 8.19. The molecule has 6 heteroatoms. The van der Waals surface area contributed by atoms with E-state index in [1.54, 1.807) is 25.1 Å². The van der Waals surface area contributed by atoms with Crippen LogP contribution in [0.3, 0.4) is 0 Å². The van der Waals surface area contributed by atoms with Crippen LogP contribution < -0.4 is 5.73 Å². The van der Waals surface area contributed by atoms with E-state index in [2.05, 4.69) is 15.9 Å². The number of benzene rings is 1. The van der Waals surface area contributed by atoms with Gasteiger partial charge in [-0.25, -0.2) is 8.42 Å². The molecule has 1 unspecified atom stereocenters. The first-order chi connectivity index (χ1) is 7.80. The van der Waals surface area contributed by atoms with Crippen molar-refractivity contribution < 1.29 is 8.42 Å². The maximum Gasteiger partial charge on any atom is 0.154 e. The predicted octanol–water partition coefficient (Wildman–Crippen LogP) is 2.75. The van der Waals surface area contributed by atoms with Crippen molar-refractivity contribution in [2.45, 2.75) is 25.1 Å². The summed E-state index contributed by atoms with van der Waals surface area (Å²) in [5.41, 5.74) is 6.17. The summed E-state index contributed by atoms with van der Waals surface area (Å²) in [5.74, 6) is 0.0584. The van der Waals surface area contributed by atoms with Crippen LogP contribution in [0.25, 0.3) is 0 Å². The summed E-state index contributed by atoms with van der Waals surface area (Å²) in [4.78, 5) is 0. The predicted molar refractivity (Wildman–Crippen MR) is 74.9 cm³/mol. The van der Waals surface area contributed by atoms with Crippen molar-refractivity contribution in [3.63, 3.8) is 0 Å². The summed E-state index contributed by atoms with van der Waals surface area (Å²) in [5, 5.41) is 0.462. The molecular weight excluding hydrogens is 326 g/mol. The fourth-order valence-corrected chi connectivity index (χ4v) is 3.73. The Balaban J connectivity index is 2.76. The SMILES string of the molecule is CC(N)CCS(=O)(=O)Cc1ccc(Br)cc1Cl. The molecule has 0 saturated carbocycles. The van der Waals surface area contributed by atoms with Gasteiger partial charge in [-0.3, -0.25) is 0 Å². The highest BCUT2D eigenvalue weighted by Crippen LogP contribution is 2.23. The summed E-state index contributed by atoms with van der Waals surface area (Å²) in [6.45, 7) is 1.79. The minimum Gasteiger partial charge on any atom is -0.328 e. The zero-order valence-electron chi connectivity index (χ0n) is 9.49. The molecule has 0 spiro atoms. The lowest BCUT2D eigenvalue weighted by atomic mass is 10.2. The summed E-state index contributed by atoms with van der Waals surface area (Å²) in [6, 6.07) is 5.08.